The summed E-state index contributed by atoms with van der Waals surface area (Å²) in [5.74, 6) is -1.56. The van der Waals surface area contributed by atoms with Crippen LogP contribution in [0, 0.1) is 6.92 Å². The molecule has 0 bridgehead atoms. The van der Waals surface area contributed by atoms with Crippen LogP contribution in [-0.2, 0) is 4.74 Å². The van der Waals surface area contributed by atoms with Crippen molar-refractivity contribution in [1.82, 2.24) is 9.97 Å². The van der Waals surface area contributed by atoms with Gasteiger partial charge in [-0.25, -0.2) is 9.59 Å². The summed E-state index contributed by atoms with van der Waals surface area (Å²) in [5.41, 5.74) is -0.0618. The second-order valence-corrected chi connectivity index (χ2v) is 6.44. The number of nitrogens with zero attached hydrogens (tertiary/aromatic N) is 2. The van der Waals surface area contributed by atoms with E-state index >= 15 is 0 Å². The van der Waals surface area contributed by atoms with Crippen molar-refractivity contribution in [2.24, 2.45) is 0 Å². The first-order valence-corrected chi connectivity index (χ1v) is 8.90. The number of ether oxygens (including phenoxy) is 4. The van der Waals surface area contributed by atoms with Gasteiger partial charge in [0.05, 0.1) is 31.8 Å². The molecule has 0 unspecified atom stereocenters. The smallest absolute Gasteiger partial charge is 0.342 e. The minimum absolute atomic E-state index is 0.0192. The summed E-state index contributed by atoms with van der Waals surface area (Å²) in [4.78, 5) is 32.8. The molecular weight excluding hydrogens is 396 g/mol. The molecular formula is C20H20N2O8. The van der Waals surface area contributed by atoms with Gasteiger partial charge in [0, 0.05) is 0 Å². The number of methoxy groups -OCH3 is 2. The number of esters is 1. The Bertz CT molecular complexity index is 1100. The predicted molar refractivity (Wildman–Crippen MR) is 104 cm³/mol. The molecule has 1 N–H and O–H groups in total. The highest BCUT2D eigenvalue weighted by atomic mass is 16.5. The number of furan rings is 1. The summed E-state index contributed by atoms with van der Waals surface area (Å²) >= 11 is 0. The molecule has 3 aromatic rings. The van der Waals surface area contributed by atoms with Crippen LogP contribution in [0.5, 0.6) is 23.5 Å². The van der Waals surface area contributed by atoms with Crippen molar-refractivity contribution in [2.75, 3.05) is 14.2 Å². The van der Waals surface area contributed by atoms with Gasteiger partial charge in [0.15, 0.2) is 0 Å². The lowest BCUT2D eigenvalue weighted by Gasteiger charge is -2.11. The lowest BCUT2D eigenvalue weighted by atomic mass is 10.0. The Labute approximate surface area is 171 Å². The van der Waals surface area contributed by atoms with Gasteiger partial charge in [0.1, 0.15) is 28.2 Å². The second-order valence-electron chi connectivity index (χ2n) is 6.44. The number of carboxylic acid groups (broad SMARTS) is 1. The van der Waals surface area contributed by atoms with Gasteiger partial charge >= 0.3 is 17.9 Å². The molecule has 158 valence electrons. The van der Waals surface area contributed by atoms with Crippen LogP contribution in [0.3, 0.4) is 0 Å². The van der Waals surface area contributed by atoms with E-state index in [1.165, 1.54) is 32.4 Å². The van der Waals surface area contributed by atoms with E-state index in [1.54, 1.807) is 20.8 Å². The maximum Gasteiger partial charge on any atom is 0.342 e. The standard InChI is InChI=1S/C20H20N2O8/c1-9(2)28-19(25)15-10(3)29-11-6-7-12(17(16(11)15)18(23)24)30-20-21-13(26-4)8-14(22-20)27-5/h6-9H,1-5H3,(H,23,24). The Balaban J connectivity index is 2.18. The van der Waals surface area contributed by atoms with Crippen LogP contribution >= 0.6 is 0 Å². The molecule has 0 amide bonds. The molecule has 0 fully saturated rings. The van der Waals surface area contributed by atoms with E-state index in [-0.39, 0.29) is 51.4 Å². The molecule has 10 heteroatoms. The molecule has 0 aliphatic rings. The molecule has 10 nitrogen and oxygen atoms in total. The van der Waals surface area contributed by atoms with Gasteiger partial charge in [-0.2, -0.15) is 9.97 Å². The first kappa shape index (κ1) is 20.9. The molecule has 0 atom stereocenters. The molecule has 0 saturated carbocycles. The van der Waals surface area contributed by atoms with Gasteiger partial charge < -0.3 is 28.5 Å². The Kier molecular flexibility index (Phi) is 5.77. The fourth-order valence-corrected chi connectivity index (χ4v) is 2.84. The van der Waals surface area contributed by atoms with Crippen molar-refractivity contribution in [3.05, 3.63) is 35.1 Å². The Morgan fingerprint density at radius 2 is 1.70 bits per heavy atom. The van der Waals surface area contributed by atoms with Gasteiger partial charge in [-0.3, -0.25) is 0 Å². The van der Waals surface area contributed by atoms with Crippen LogP contribution < -0.4 is 14.2 Å². The summed E-state index contributed by atoms with van der Waals surface area (Å²) < 4.78 is 26.6. The molecule has 30 heavy (non-hydrogen) atoms. The van der Waals surface area contributed by atoms with E-state index in [9.17, 15) is 14.7 Å². The Morgan fingerprint density at radius 3 is 2.23 bits per heavy atom. The number of benzene rings is 1. The third-order valence-electron chi connectivity index (χ3n) is 4.03. The number of carbonyl (C=O) groups excluding carboxylic acids is 1. The van der Waals surface area contributed by atoms with Crippen molar-refractivity contribution < 1.29 is 38.1 Å². The fraction of sp³-hybridized carbons (Fsp3) is 0.300. The van der Waals surface area contributed by atoms with E-state index in [4.69, 9.17) is 23.4 Å². The molecule has 0 saturated heterocycles. The lowest BCUT2D eigenvalue weighted by Crippen LogP contribution is -2.13. The van der Waals surface area contributed by atoms with Crippen molar-refractivity contribution in [2.45, 2.75) is 26.9 Å². The zero-order chi connectivity index (χ0) is 22.0. The zero-order valence-corrected chi connectivity index (χ0v) is 17.0. The normalized spacial score (nSPS) is 10.9. The molecule has 2 heterocycles. The van der Waals surface area contributed by atoms with Crippen molar-refractivity contribution in [3.8, 4) is 23.5 Å². The zero-order valence-electron chi connectivity index (χ0n) is 17.0. The molecule has 1 aromatic carbocycles. The average molecular weight is 416 g/mol. The number of aryl methyl sites for hydroxylation is 1. The van der Waals surface area contributed by atoms with Gasteiger partial charge in [-0.1, -0.05) is 0 Å². The fourth-order valence-electron chi connectivity index (χ4n) is 2.84. The quantitative estimate of drug-likeness (QED) is 0.570. The van der Waals surface area contributed by atoms with Crippen molar-refractivity contribution >= 4 is 22.9 Å². The van der Waals surface area contributed by atoms with Crippen LogP contribution in [0.2, 0.25) is 0 Å². The summed E-state index contributed by atoms with van der Waals surface area (Å²) in [7, 11) is 2.81. The van der Waals surface area contributed by atoms with E-state index in [1.807, 2.05) is 0 Å². The van der Waals surface area contributed by atoms with Crippen LogP contribution in [0.1, 0.15) is 40.3 Å². The number of carbonyl (C=O) groups is 2. The number of hydrogen-bond acceptors (Lipinski definition) is 9. The van der Waals surface area contributed by atoms with Gasteiger partial charge in [-0.15, -0.1) is 0 Å². The lowest BCUT2D eigenvalue weighted by molar-refractivity contribution is 0.0378. The summed E-state index contributed by atoms with van der Waals surface area (Å²) in [5, 5.41) is 9.94. The molecule has 0 aliphatic heterocycles. The number of fused-ring (bicyclic) bond motifs is 1. The highest BCUT2D eigenvalue weighted by molar-refractivity contribution is 6.14. The summed E-state index contributed by atoms with van der Waals surface area (Å²) in [6.07, 6.45) is -0.396. The van der Waals surface area contributed by atoms with Crippen molar-refractivity contribution in [1.29, 1.82) is 0 Å². The Hall–Kier alpha value is -3.82. The highest BCUT2D eigenvalue weighted by Crippen LogP contribution is 2.36. The maximum absolute atomic E-state index is 12.6. The molecule has 3 rings (SSSR count). The molecule has 2 aromatic heterocycles. The van der Waals surface area contributed by atoms with Gasteiger partial charge in [0.2, 0.25) is 11.8 Å². The monoisotopic (exact) mass is 416 g/mol. The van der Waals surface area contributed by atoms with E-state index in [0.29, 0.717) is 0 Å². The number of rotatable bonds is 7. The number of aromatic nitrogens is 2. The highest BCUT2D eigenvalue weighted by Gasteiger charge is 2.28. The third kappa shape index (κ3) is 3.97. The van der Waals surface area contributed by atoms with Gasteiger partial charge in [-0.05, 0) is 32.9 Å². The predicted octanol–water partition coefficient (Wildman–Crippen LogP) is 3.60. The Morgan fingerprint density at radius 1 is 1.07 bits per heavy atom. The van der Waals surface area contributed by atoms with Crippen LogP contribution in [0.4, 0.5) is 0 Å². The van der Waals surface area contributed by atoms with E-state index in [2.05, 4.69) is 9.97 Å². The average Bonchev–Trinajstić information content (AvgIpc) is 3.02. The second kappa shape index (κ2) is 8.27. The topological polar surface area (TPSA) is 130 Å². The minimum Gasteiger partial charge on any atom is -0.481 e. The third-order valence-corrected chi connectivity index (χ3v) is 4.03. The van der Waals surface area contributed by atoms with Gasteiger partial charge in [0.25, 0.3) is 0 Å². The number of carboxylic acids is 1. The van der Waals surface area contributed by atoms with Crippen LogP contribution in [0.25, 0.3) is 11.0 Å². The first-order valence-electron chi connectivity index (χ1n) is 8.90. The molecule has 0 aliphatic carbocycles. The summed E-state index contributed by atoms with van der Waals surface area (Å²) in [6.45, 7) is 4.93. The van der Waals surface area contributed by atoms with Crippen LogP contribution in [-0.4, -0.2) is 47.3 Å². The van der Waals surface area contributed by atoms with Crippen LogP contribution in [0.15, 0.2) is 22.6 Å². The van der Waals surface area contributed by atoms with E-state index in [0.717, 1.165) is 0 Å². The first-order chi connectivity index (χ1) is 14.2. The number of hydrogen-bond donors (Lipinski definition) is 1. The van der Waals surface area contributed by atoms with Crippen molar-refractivity contribution in [3.63, 3.8) is 0 Å². The largest absolute Gasteiger partial charge is 0.481 e. The molecule has 0 radical (unpaired) electrons. The maximum atomic E-state index is 12.6. The number of aromatic carboxylic acids is 1. The minimum atomic E-state index is -1.33. The SMILES string of the molecule is COc1cc(OC)nc(Oc2ccc3oc(C)c(C(=O)OC(C)C)c3c2C(=O)O)n1. The van der Waals surface area contributed by atoms with E-state index < -0.39 is 18.0 Å². The molecule has 0 spiro atoms. The summed E-state index contributed by atoms with van der Waals surface area (Å²) in [6, 6.07) is 4.13.